The summed E-state index contributed by atoms with van der Waals surface area (Å²) in [5, 5.41) is 9.42. The summed E-state index contributed by atoms with van der Waals surface area (Å²) in [6.45, 7) is 0.591. The van der Waals surface area contributed by atoms with Crippen LogP contribution in [0.4, 0.5) is 0 Å². The Morgan fingerprint density at radius 1 is 1.04 bits per heavy atom. The van der Waals surface area contributed by atoms with Crippen molar-refractivity contribution in [3.63, 3.8) is 0 Å². The molecule has 0 aliphatic heterocycles. The second kappa shape index (κ2) is 5.61. The molecule has 0 atom stereocenters. The molecule has 4 rings (SSSR count). The zero-order chi connectivity index (χ0) is 15.6. The SMILES string of the molecule is Oc1ccc(Cc2nc3cccnc3n2Cc2ccco2)cc1. The average Bonchev–Trinajstić information content (AvgIpc) is 3.19. The lowest BCUT2D eigenvalue weighted by molar-refractivity contribution is 0.475. The highest BCUT2D eigenvalue weighted by molar-refractivity contribution is 5.71. The fraction of sp³-hybridized carbons (Fsp3) is 0.111. The summed E-state index contributed by atoms with van der Waals surface area (Å²) in [4.78, 5) is 9.16. The third-order valence-electron chi connectivity index (χ3n) is 3.78. The van der Waals surface area contributed by atoms with Crippen molar-refractivity contribution < 1.29 is 9.52 Å². The number of hydrogen-bond donors (Lipinski definition) is 1. The normalized spacial score (nSPS) is 11.1. The number of phenolic OH excluding ortho intramolecular Hbond substituents is 1. The first kappa shape index (κ1) is 13.6. The van der Waals surface area contributed by atoms with Crippen LogP contribution in [0, 0.1) is 0 Å². The minimum absolute atomic E-state index is 0.263. The minimum Gasteiger partial charge on any atom is -0.508 e. The molecule has 0 amide bonds. The highest BCUT2D eigenvalue weighted by atomic mass is 16.3. The van der Waals surface area contributed by atoms with E-state index in [-0.39, 0.29) is 5.75 Å². The molecule has 5 heteroatoms. The highest BCUT2D eigenvalue weighted by Gasteiger charge is 2.13. The third kappa shape index (κ3) is 2.68. The van der Waals surface area contributed by atoms with E-state index in [1.807, 2.05) is 36.4 Å². The van der Waals surface area contributed by atoms with Crippen LogP contribution in [0.1, 0.15) is 17.1 Å². The van der Waals surface area contributed by atoms with Gasteiger partial charge in [-0.25, -0.2) is 9.97 Å². The van der Waals surface area contributed by atoms with Crippen molar-refractivity contribution in [2.24, 2.45) is 0 Å². The van der Waals surface area contributed by atoms with E-state index in [9.17, 15) is 5.11 Å². The van der Waals surface area contributed by atoms with E-state index in [1.165, 1.54) is 0 Å². The van der Waals surface area contributed by atoms with Gasteiger partial charge in [-0.1, -0.05) is 12.1 Å². The first-order chi connectivity index (χ1) is 11.3. The van der Waals surface area contributed by atoms with Gasteiger partial charge in [0.15, 0.2) is 5.65 Å². The van der Waals surface area contributed by atoms with Crippen molar-refractivity contribution in [3.05, 3.63) is 78.1 Å². The quantitative estimate of drug-likeness (QED) is 0.628. The molecule has 0 unspecified atom stereocenters. The Kier molecular flexibility index (Phi) is 3.31. The number of pyridine rings is 1. The zero-order valence-corrected chi connectivity index (χ0v) is 12.4. The number of phenols is 1. The minimum atomic E-state index is 0.263. The molecule has 114 valence electrons. The second-order valence-electron chi connectivity index (χ2n) is 5.38. The smallest absolute Gasteiger partial charge is 0.160 e. The van der Waals surface area contributed by atoms with Crippen molar-refractivity contribution in [2.75, 3.05) is 0 Å². The number of imidazole rings is 1. The summed E-state index contributed by atoms with van der Waals surface area (Å²) in [6, 6.07) is 14.8. The van der Waals surface area contributed by atoms with Gasteiger partial charge in [0.25, 0.3) is 0 Å². The third-order valence-corrected chi connectivity index (χ3v) is 3.78. The van der Waals surface area contributed by atoms with Crippen LogP contribution in [-0.2, 0) is 13.0 Å². The van der Waals surface area contributed by atoms with Crippen molar-refractivity contribution in [2.45, 2.75) is 13.0 Å². The van der Waals surface area contributed by atoms with Gasteiger partial charge >= 0.3 is 0 Å². The Balaban J connectivity index is 1.76. The maximum Gasteiger partial charge on any atom is 0.160 e. The number of aromatic nitrogens is 3. The van der Waals surface area contributed by atoms with Gasteiger partial charge in [-0.05, 0) is 42.0 Å². The number of benzene rings is 1. The molecule has 0 bridgehead atoms. The Morgan fingerprint density at radius 3 is 2.70 bits per heavy atom. The molecule has 23 heavy (non-hydrogen) atoms. The van der Waals surface area contributed by atoms with Crippen LogP contribution >= 0.6 is 0 Å². The van der Waals surface area contributed by atoms with Gasteiger partial charge in [-0.3, -0.25) is 0 Å². The summed E-state index contributed by atoms with van der Waals surface area (Å²) in [6.07, 6.45) is 4.10. The number of hydrogen-bond acceptors (Lipinski definition) is 4. The highest BCUT2D eigenvalue weighted by Crippen LogP contribution is 2.19. The van der Waals surface area contributed by atoms with E-state index >= 15 is 0 Å². The van der Waals surface area contributed by atoms with Crippen molar-refractivity contribution in [1.82, 2.24) is 14.5 Å². The standard InChI is InChI=1S/C18H15N3O2/c22-14-7-5-13(6-8-14)11-17-20-16-4-1-9-19-18(16)21(17)12-15-3-2-10-23-15/h1-10,22H,11-12H2. The first-order valence-electron chi connectivity index (χ1n) is 7.40. The number of furan rings is 1. The van der Waals surface area contributed by atoms with Crippen LogP contribution in [0.2, 0.25) is 0 Å². The van der Waals surface area contributed by atoms with Crippen LogP contribution in [0.5, 0.6) is 5.75 Å². The van der Waals surface area contributed by atoms with E-state index in [0.717, 1.165) is 28.3 Å². The molecule has 0 saturated heterocycles. The molecule has 1 N–H and O–H groups in total. The fourth-order valence-corrected chi connectivity index (χ4v) is 2.66. The van der Waals surface area contributed by atoms with Crippen LogP contribution in [0.15, 0.2) is 65.4 Å². The Hall–Kier alpha value is -3.08. The van der Waals surface area contributed by atoms with Gasteiger partial charge in [-0.2, -0.15) is 0 Å². The Morgan fingerprint density at radius 2 is 1.91 bits per heavy atom. The van der Waals surface area contributed by atoms with Crippen molar-refractivity contribution in [1.29, 1.82) is 0 Å². The summed E-state index contributed by atoms with van der Waals surface area (Å²) in [5.41, 5.74) is 2.80. The molecule has 0 aliphatic carbocycles. The van der Waals surface area contributed by atoms with Crippen molar-refractivity contribution in [3.8, 4) is 5.75 Å². The summed E-state index contributed by atoms with van der Waals surface area (Å²) < 4.78 is 7.54. The molecule has 3 heterocycles. The van der Waals surface area contributed by atoms with Gasteiger partial charge in [0, 0.05) is 12.6 Å². The summed E-state index contributed by atoms with van der Waals surface area (Å²) >= 11 is 0. The van der Waals surface area contributed by atoms with Crippen LogP contribution in [0.25, 0.3) is 11.2 Å². The number of fused-ring (bicyclic) bond motifs is 1. The molecule has 0 saturated carbocycles. The van der Waals surface area contributed by atoms with E-state index in [4.69, 9.17) is 9.40 Å². The van der Waals surface area contributed by atoms with E-state index in [2.05, 4.69) is 9.55 Å². The summed E-state index contributed by atoms with van der Waals surface area (Å²) in [7, 11) is 0. The van der Waals surface area contributed by atoms with Crippen LogP contribution in [0.3, 0.4) is 0 Å². The average molecular weight is 305 g/mol. The maximum absolute atomic E-state index is 9.42. The predicted molar refractivity (Wildman–Crippen MR) is 86.3 cm³/mol. The molecule has 0 aliphatic rings. The summed E-state index contributed by atoms with van der Waals surface area (Å²) in [5.74, 6) is 2.04. The molecular formula is C18H15N3O2. The number of aromatic hydroxyl groups is 1. The number of rotatable bonds is 4. The van der Waals surface area contributed by atoms with Gasteiger partial charge in [-0.15, -0.1) is 0 Å². The molecule has 4 aromatic rings. The van der Waals surface area contributed by atoms with Gasteiger partial charge in [0.05, 0.1) is 12.8 Å². The molecule has 5 nitrogen and oxygen atoms in total. The first-order valence-corrected chi connectivity index (χ1v) is 7.40. The maximum atomic E-state index is 9.42. The fourth-order valence-electron chi connectivity index (χ4n) is 2.66. The molecule has 3 aromatic heterocycles. The molecule has 0 spiro atoms. The number of nitrogens with zero attached hydrogens (tertiary/aromatic N) is 3. The monoisotopic (exact) mass is 305 g/mol. The van der Waals surface area contributed by atoms with Crippen LogP contribution in [-0.4, -0.2) is 19.6 Å². The second-order valence-corrected chi connectivity index (χ2v) is 5.38. The predicted octanol–water partition coefficient (Wildman–Crippen LogP) is 3.37. The van der Waals surface area contributed by atoms with Gasteiger partial charge in [0.1, 0.15) is 22.9 Å². The van der Waals surface area contributed by atoms with E-state index in [0.29, 0.717) is 13.0 Å². The van der Waals surface area contributed by atoms with E-state index in [1.54, 1.807) is 24.6 Å². The molecule has 0 fully saturated rings. The molecule has 1 aromatic carbocycles. The van der Waals surface area contributed by atoms with Gasteiger partial charge < -0.3 is 14.1 Å². The largest absolute Gasteiger partial charge is 0.508 e. The van der Waals surface area contributed by atoms with Crippen molar-refractivity contribution >= 4 is 11.2 Å². The lowest BCUT2D eigenvalue weighted by Gasteiger charge is -2.07. The topological polar surface area (TPSA) is 64.1 Å². The molecule has 0 radical (unpaired) electrons. The lowest BCUT2D eigenvalue weighted by Crippen LogP contribution is -2.06. The van der Waals surface area contributed by atoms with E-state index < -0.39 is 0 Å². The Labute approximate surface area is 132 Å². The Bertz CT molecular complexity index is 925. The van der Waals surface area contributed by atoms with Gasteiger partial charge in [0.2, 0.25) is 0 Å². The van der Waals surface area contributed by atoms with Crippen LogP contribution < -0.4 is 0 Å². The molecular weight excluding hydrogens is 290 g/mol. The zero-order valence-electron chi connectivity index (χ0n) is 12.4. The lowest BCUT2D eigenvalue weighted by atomic mass is 10.1.